The van der Waals surface area contributed by atoms with Gasteiger partial charge in [0, 0.05) is 11.8 Å². The van der Waals surface area contributed by atoms with Crippen LogP contribution in [0.4, 0.5) is 0 Å². The van der Waals surface area contributed by atoms with Gasteiger partial charge in [0.1, 0.15) is 5.78 Å². The first-order chi connectivity index (χ1) is 4.68. The molecule has 0 aromatic rings. The van der Waals surface area contributed by atoms with Crippen LogP contribution in [-0.2, 0) is 4.79 Å². The zero-order chi connectivity index (χ0) is 7.98. The third kappa shape index (κ3) is 4.80. The van der Waals surface area contributed by atoms with Crippen LogP contribution in [-0.4, -0.2) is 11.7 Å². The van der Waals surface area contributed by atoms with Gasteiger partial charge < -0.3 is 0 Å². The quantitative estimate of drug-likeness (QED) is 0.449. The minimum Gasteiger partial charge on any atom is -0.300 e. The fourth-order valence-corrected chi connectivity index (χ4v) is 0.937. The van der Waals surface area contributed by atoms with Crippen molar-refractivity contribution in [3.05, 3.63) is 0 Å². The van der Waals surface area contributed by atoms with Gasteiger partial charge in [-0.15, -0.1) is 11.6 Å². The van der Waals surface area contributed by atoms with Crippen molar-refractivity contribution in [2.75, 3.05) is 5.88 Å². The van der Waals surface area contributed by atoms with Crippen molar-refractivity contribution in [1.82, 2.24) is 0 Å². The van der Waals surface area contributed by atoms with Gasteiger partial charge in [-0.1, -0.05) is 13.3 Å². The largest absolute Gasteiger partial charge is 0.300 e. The van der Waals surface area contributed by atoms with Gasteiger partial charge >= 0.3 is 0 Å². The highest BCUT2D eigenvalue weighted by Crippen LogP contribution is 2.08. The fraction of sp³-hybridized carbons (Fsp3) is 0.875. The molecule has 0 saturated carbocycles. The van der Waals surface area contributed by atoms with Gasteiger partial charge in [-0.3, -0.25) is 4.79 Å². The van der Waals surface area contributed by atoms with E-state index in [0.717, 1.165) is 19.3 Å². The summed E-state index contributed by atoms with van der Waals surface area (Å²) in [6.07, 6.45) is 3.09. The minimum atomic E-state index is 0.225. The van der Waals surface area contributed by atoms with Crippen molar-refractivity contribution in [1.29, 1.82) is 0 Å². The van der Waals surface area contributed by atoms with Crippen LogP contribution in [0.2, 0.25) is 0 Å². The van der Waals surface area contributed by atoms with Crippen molar-refractivity contribution in [2.45, 2.75) is 33.1 Å². The van der Waals surface area contributed by atoms with E-state index in [0.29, 0.717) is 5.88 Å². The van der Waals surface area contributed by atoms with Crippen molar-refractivity contribution in [3.8, 4) is 0 Å². The number of hydrogen-bond donors (Lipinski definition) is 0. The number of unbranched alkanes of at least 4 members (excludes halogenated alkanes) is 1. The SMILES string of the molecule is CC(=O)[C@H](C)CCCCCl. The lowest BCUT2D eigenvalue weighted by molar-refractivity contribution is -0.120. The van der Waals surface area contributed by atoms with Crippen molar-refractivity contribution in [2.24, 2.45) is 5.92 Å². The molecule has 0 rings (SSSR count). The molecular weight excluding hydrogens is 148 g/mol. The molecule has 0 N–H and O–H groups in total. The lowest BCUT2D eigenvalue weighted by Crippen LogP contribution is -2.05. The highest BCUT2D eigenvalue weighted by molar-refractivity contribution is 6.17. The van der Waals surface area contributed by atoms with E-state index in [1.165, 1.54) is 0 Å². The maximum atomic E-state index is 10.7. The Morgan fingerprint density at radius 1 is 1.50 bits per heavy atom. The average Bonchev–Trinajstić information content (AvgIpc) is 1.88. The number of carbonyl (C=O) groups is 1. The Morgan fingerprint density at radius 3 is 2.50 bits per heavy atom. The maximum absolute atomic E-state index is 10.7. The molecule has 0 amide bonds. The summed E-state index contributed by atoms with van der Waals surface area (Å²) >= 11 is 5.48. The van der Waals surface area contributed by atoms with Gasteiger partial charge in [-0.2, -0.15) is 0 Å². The van der Waals surface area contributed by atoms with Crippen LogP contribution in [0.3, 0.4) is 0 Å². The van der Waals surface area contributed by atoms with Gasteiger partial charge in [0.15, 0.2) is 0 Å². The predicted molar refractivity (Wildman–Crippen MR) is 44.4 cm³/mol. The summed E-state index contributed by atoms with van der Waals surface area (Å²) in [5.41, 5.74) is 0. The summed E-state index contributed by atoms with van der Waals surface area (Å²) in [7, 11) is 0. The van der Waals surface area contributed by atoms with Gasteiger partial charge in [0.2, 0.25) is 0 Å². The van der Waals surface area contributed by atoms with E-state index in [4.69, 9.17) is 11.6 Å². The molecule has 0 unspecified atom stereocenters. The smallest absolute Gasteiger partial charge is 0.132 e. The van der Waals surface area contributed by atoms with Crippen molar-refractivity contribution in [3.63, 3.8) is 0 Å². The zero-order valence-corrected chi connectivity index (χ0v) is 7.45. The molecule has 0 radical (unpaired) electrons. The molecule has 0 aliphatic rings. The van der Waals surface area contributed by atoms with Crippen LogP contribution in [0.15, 0.2) is 0 Å². The van der Waals surface area contributed by atoms with E-state index in [1.54, 1.807) is 6.92 Å². The Kier molecular flexibility index (Phi) is 5.70. The molecule has 0 aromatic carbocycles. The lowest BCUT2D eigenvalue weighted by atomic mass is 10.0. The molecule has 10 heavy (non-hydrogen) atoms. The number of alkyl halides is 1. The molecule has 0 bridgehead atoms. The molecule has 2 heteroatoms. The van der Waals surface area contributed by atoms with Gasteiger partial charge in [-0.25, -0.2) is 0 Å². The molecule has 60 valence electrons. The molecule has 0 spiro atoms. The fourth-order valence-electron chi connectivity index (χ4n) is 0.748. The second-order valence-electron chi connectivity index (χ2n) is 2.70. The van der Waals surface area contributed by atoms with Gasteiger partial charge in [0.25, 0.3) is 0 Å². The van der Waals surface area contributed by atoms with E-state index in [-0.39, 0.29) is 11.7 Å². The van der Waals surface area contributed by atoms with E-state index in [2.05, 4.69) is 0 Å². The minimum absolute atomic E-state index is 0.225. The number of halogens is 1. The third-order valence-corrected chi connectivity index (χ3v) is 1.98. The van der Waals surface area contributed by atoms with E-state index >= 15 is 0 Å². The normalized spacial score (nSPS) is 13.1. The monoisotopic (exact) mass is 162 g/mol. The average molecular weight is 163 g/mol. The Hall–Kier alpha value is -0.0400. The van der Waals surface area contributed by atoms with Crippen LogP contribution < -0.4 is 0 Å². The first-order valence-electron chi connectivity index (χ1n) is 3.75. The van der Waals surface area contributed by atoms with Crippen molar-refractivity contribution < 1.29 is 4.79 Å². The summed E-state index contributed by atoms with van der Waals surface area (Å²) in [4.78, 5) is 10.7. The first kappa shape index (κ1) is 9.96. The molecule has 0 heterocycles. The number of hydrogen-bond acceptors (Lipinski definition) is 1. The predicted octanol–water partition coefficient (Wildman–Crippen LogP) is 2.62. The first-order valence-corrected chi connectivity index (χ1v) is 4.28. The molecular formula is C8H15ClO. The van der Waals surface area contributed by atoms with Gasteiger partial charge in [0.05, 0.1) is 0 Å². The Bertz CT molecular complexity index is 101. The van der Waals surface area contributed by atoms with Crippen molar-refractivity contribution >= 4 is 17.4 Å². The van der Waals surface area contributed by atoms with E-state index in [1.807, 2.05) is 6.92 Å². The number of carbonyl (C=O) groups excluding carboxylic acids is 1. The molecule has 0 aromatic heterocycles. The second-order valence-corrected chi connectivity index (χ2v) is 3.07. The van der Waals surface area contributed by atoms with Crippen LogP contribution in [0.5, 0.6) is 0 Å². The van der Waals surface area contributed by atoms with Crippen LogP contribution in [0.25, 0.3) is 0 Å². The number of Topliss-reactive ketones (excluding diaryl/α,β-unsaturated/α-hetero) is 1. The van der Waals surface area contributed by atoms with E-state index < -0.39 is 0 Å². The Labute approximate surface area is 67.8 Å². The standard InChI is InChI=1S/C8H15ClO/c1-7(8(2)10)5-3-4-6-9/h7H,3-6H2,1-2H3/t7-/m1/s1. The zero-order valence-electron chi connectivity index (χ0n) is 6.69. The summed E-state index contributed by atoms with van der Waals surface area (Å²) in [5.74, 6) is 1.22. The summed E-state index contributed by atoms with van der Waals surface area (Å²) in [5, 5.41) is 0. The highest BCUT2D eigenvalue weighted by atomic mass is 35.5. The Balaban J connectivity index is 3.21. The number of rotatable bonds is 5. The Morgan fingerprint density at radius 2 is 2.10 bits per heavy atom. The summed E-state index contributed by atoms with van der Waals surface area (Å²) in [6.45, 7) is 3.61. The maximum Gasteiger partial charge on any atom is 0.132 e. The van der Waals surface area contributed by atoms with Gasteiger partial charge in [-0.05, 0) is 19.8 Å². The van der Waals surface area contributed by atoms with Crippen LogP contribution in [0.1, 0.15) is 33.1 Å². The third-order valence-electron chi connectivity index (χ3n) is 1.71. The topological polar surface area (TPSA) is 17.1 Å². The second kappa shape index (κ2) is 5.72. The number of ketones is 1. The molecule has 0 aliphatic carbocycles. The molecule has 1 atom stereocenters. The van der Waals surface area contributed by atoms with Crippen LogP contribution in [0, 0.1) is 5.92 Å². The molecule has 0 aliphatic heterocycles. The summed E-state index contributed by atoms with van der Waals surface area (Å²) in [6, 6.07) is 0. The summed E-state index contributed by atoms with van der Waals surface area (Å²) < 4.78 is 0. The van der Waals surface area contributed by atoms with E-state index in [9.17, 15) is 4.79 Å². The molecule has 0 saturated heterocycles. The lowest BCUT2D eigenvalue weighted by Gasteiger charge is -2.04. The molecule has 1 nitrogen and oxygen atoms in total. The highest BCUT2D eigenvalue weighted by Gasteiger charge is 2.05. The molecule has 0 fully saturated rings. The van der Waals surface area contributed by atoms with Crippen LogP contribution >= 0.6 is 11.6 Å².